The summed E-state index contributed by atoms with van der Waals surface area (Å²) >= 11 is 6.37. The van der Waals surface area contributed by atoms with E-state index in [2.05, 4.69) is 5.32 Å². The molecule has 0 aliphatic heterocycles. The Morgan fingerprint density at radius 2 is 1.62 bits per heavy atom. The summed E-state index contributed by atoms with van der Waals surface area (Å²) in [5.74, 6) is -0.862. The number of likely N-dealkylation sites (N-methyl/N-ethyl adjacent to an activating group) is 1. The molecule has 0 saturated heterocycles. The van der Waals surface area contributed by atoms with Crippen LogP contribution >= 0.6 is 11.6 Å². The fraction of sp³-hybridized carbons (Fsp3) is 0.286. The average molecular weight is 542 g/mol. The molecular formula is C28H32ClN3O4S. The van der Waals surface area contributed by atoms with Gasteiger partial charge in [-0.25, -0.2) is 8.42 Å². The number of rotatable bonds is 10. The molecular weight excluding hydrogens is 510 g/mol. The number of benzene rings is 3. The Bertz CT molecular complexity index is 1360. The van der Waals surface area contributed by atoms with Crippen molar-refractivity contribution in [2.24, 2.45) is 0 Å². The fourth-order valence-electron chi connectivity index (χ4n) is 4.05. The molecule has 0 fully saturated rings. The monoisotopic (exact) mass is 541 g/mol. The minimum atomic E-state index is -4.10. The van der Waals surface area contributed by atoms with Crippen molar-refractivity contribution in [3.63, 3.8) is 0 Å². The molecule has 0 aliphatic carbocycles. The smallest absolute Gasteiger partial charge is 0.264 e. The van der Waals surface area contributed by atoms with Gasteiger partial charge in [-0.15, -0.1) is 0 Å². The highest BCUT2D eigenvalue weighted by Gasteiger charge is 2.33. The van der Waals surface area contributed by atoms with Crippen LogP contribution in [0.3, 0.4) is 0 Å². The van der Waals surface area contributed by atoms with E-state index in [1.54, 1.807) is 61.5 Å². The molecule has 0 saturated carbocycles. The van der Waals surface area contributed by atoms with Gasteiger partial charge in [0.25, 0.3) is 10.0 Å². The number of carbonyl (C=O) groups is 2. The van der Waals surface area contributed by atoms with Gasteiger partial charge in [0.1, 0.15) is 12.6 Å². The van der Waals surface area contributed by atoms with Gasteiger partial charge in [-0.2, -0.15) is 0 Å². The number of hydrogen-bond acceptors (Lipinski definition) is 4. The van der Waals surface area contributed by atoms with E-state index >= 15 is 0 Å². The van der Waals surface area contributed by atoms with Crippen molar-refractivity contribution in [3.05, 3.63) is 94.5 Å². The van der Waals surface area contributed by atoms with Crippen LogP contribution in [0.15, 0.2) is 77.7 Å². The van der Waals surface area contributed by atoms with Crippen molar-refractivity contribution in [1.82, 2.24) is 10.2 Å². The van der Waals surface area contributed by atoms with Crippen LogP contribution in [0.4, 0.5) is 5.69 Å². The number of nitrogens with one attached hydrogen (secondary N) is 1. The summed E-state index contributed by atoms with van der Waals surface area (Å²) < 4.78 is 28.7. The highest BCUT2D eigenvalue weighted by atomic mass is 35.5. The van der Waals surface area contributed by atoms with E-state index in [0.29, 0.717) is 22.7 Å². The third kappa shape index (κ3) is 6.70. The van der Waals surface area contributed by atoms with Crippen LogP contribution in [0.1, 0.15) is 30.0 Å². The lowest BCUT2D eigenvalue weighted by molar-refractivity contribution is -0.140. The minimum absolute atomic E-state index is 0.0523. The standard InChI is InChI=1S/C28H32ClN3O4S/c1-5-26(28(34)30-4)31(18-22-10-6-7-12-25(22)29)27(33)19-32(23-11-8-9-21(3)17-23)37(35,36)24-15-13-20(2)14-16-24/h6-17,26H,5,18-19H2,1-4H3,(H,30,34). The topological polar surface area (TPSA) is 86.8 Å². The van der Waals surface area contributed by atoms with Gasteiger partial charge in [-0.3, -0.25) is 13.9 Å². The van der Waals surface area contributed by atoms with Gasteiger partial charge in [-0.1, -0.05) is 66.6 Å². The fourth-order valence-corrected chi connectivity index (χ4v) is 5.65. The van der Waals surface area contributed by atoms with Crippen LogP contribution in [-0.4, -0.2) is 44.8 Å². The van der Waals surface area contributed by atoms with Crippen molar-refractivity contribution < 1.29 is 18.0 Å². The quantitative estimate of drug-likeness (QED) is 0.403. The normalized spacial score (nSPS) is 12.0. The van der Waals surface area contributed by atoms with Crippen LogP contribution in [0.2, 0.25) is 5.02 Å². The summed E-state index contributed by atoms with van der Waals surface area (Å²) in [6.07, 6.45) is 0.338. The van der Waals surface area contributed by atoms with Crippen LogP contribution in [0.25, 0.3) is 0 Å². The van der Waals surface area contributed by atoms with Crippen LogP contribution in [-0.2, 0) is 26.2 Å². The molecule has 3 rings (SSSR count). The molecule has 196 valence electrons. The van der Waals surface area contributed by atoms with E-state index in [4.69, 9.17) is 11.6 Å². The molecule has 0 heterocycles. The third-order valence-electron chi connectivity index (χ3n) is 6.11. The second-order valence-electron chi connectivity index (χ2n) is 8.82. The number of carbonyl (C=O) groups excluding carboxylic acids is 2. The number of hydrogen-bond donors (Lipinski definition) is 1. The third-order valence-corrected chi connectivity index (χ3v) is 8.27. The first-order valence-corrected chi connectivity index (χ1v) is 13.8. The molecule has 37 heavy (non-hydrogen) atoms. The van der Waals surface area contributed by atoms with E-state index in [0.717, 1.165) is 15.4 Å². The van der Waals surface area contributed by atoms with E-state index in [1.165, 1.54) is 24.1 Å². The van der Waals surface area contributed by atoms with Crippen molar-refractivity contribution in [2.45, 2.75) is 44.7 Å². The van der Waals surface area contributed by atoms with Crippen molar-refractivity contribution in [1.29, 1.82) is 0 Å². The molecule has 3 aromatic carbocycles. The van der Waals surface area contributed by atoms with Crippen LogP contribution in [0, 0.1) is 13.8 Å². The Morgan fingerprint density at radius 3 is 2.22 bits per heavy atom. The summed E-state index contributed by atoms with van der Waals surface area (Å²) in [5, 5.41) is 3.06. The molecule has 2 amide bonds. The number of anilines is 1. The SMILES string of the molecule is CCC(C(=O)NC)N(Cc1ccccc1Cl)C(=O)CN(c1cccc(C)c1)S(=O)(=O)c1ccc(C)cc1. The minimum Gasteiger partial charge on any atom is -0.357 e. The molecule has 9 heteroatoms. The lowest BCUT2D eigenvalue weighted by Gasteiger charge is -2.33. The molecule has 1 atom stereocenters. The van der Waals surface area contributed by atoms with E-state index in [1.807, 2.05) is 19.9 Å². The number of sulfonamides is 1. The Kier molecular flexibility index (Phi) is 9.34. The first-order chi connectivity index (χ1) is 17.6. The Morgan fingerprint density at radius 1 is 0.946 bits per heavy atom. The Hall–Kier alpha value is -3.36. The van der Waals surface area contributed by atoms with Gasteiger partial charge < -0.3 is 10.2 Å². The first-order valence-electron chi connectivity index (χ1n) is 12.0. The summed E-state index contributed by atoms with van der Waals surface area (Å²) in [7, 11) is -2.59. The maximum absolute atomic E-state index is 13.9. The second kappa shape index (κ2) is 12.3. The average Bonchev–Trinajstić information content (AvgIpc) is 2.88. The van der Waals surface area contributed by atoms with Gasteiger partial charge in [0.15, 0.2) is 0 Å². The Balaban J connectivity index is 2.07. The molecule has 7 nitrogen and oxygen atoms in total. The van der Waals surface area contributed by atoms with Gasteiger partial charge in [0, 0.05) is 18.6 Å². The molecule has 0 radical (unpaired) electrons. The van der Waals surface area contributed by atoms with Gasteiger partial charge in [-0.05, 0) is 61.7 Å². The number of halogens is 1. The molecule has 3 aromatic rings. The van der Waals surface area contributed by atoms with Crippen molar-refractivity contribution >= 4 is 39.1 Å². The molecule has 0 aliphatic rings. The number of nitrogens with zero attached hydrogens (tertiary/aromatic N) is 2. The van der Waals surface area contributed by atoms with E-state index in [9.17, 15) is 18.0 Å². The lowest BCUT2D eigenvalue weighted by atomic mass is 10.1. The zero-order chi connectivity index (χ0) is 27.2. The molecule has 0 spiro atoms. The molecule has 1 unspecified atom stereocenters. The summed E-state index contributed by atoms with van der Waals surface area (Å²) in [4.78, 5) is 28.1. The number of amides is 2. The number of aryl methyl sites for hydroxylation is 2. The second-order valence-corrected chi connectivity index (χ2v) is 11.1. The maximum Gasteiger partial charge on any atom is 0.264 e. The predicted octanol–water partition coefficient (Wildman–Crippen LogP) is 4.71. The molecule has 0 bridgehead atoms. The van der Waals surface area contributed by atoms with Crippen LogP contribution in [0.5, 0.6) is 0 Å². The van der Waals surface area contributed by atoms with Gasteiger partial charge in [0.05, 0.1) is 10.6 Å². The zero-order valence-corrected chi connectivity index (χ0v) is 23.0. The Labute approximate surface area is 224 Å². The van der Waals surface area contributed by atoms with Gasteiger partial charge >= 0.3 is 0 Å². The van der Waals surface area contributed by atoms with E-state index in [-0.39, 0.29) is 17.3 Å². The van der Waals surface area contributed by atoms with Crippen LogP contribution < -0.4 is 9.62 Å². The first kappa shape index (κ1) is 28.2. The van der Waals surface area contributed by atoms with Crippen molar-refractivity contribution in [3.8, 4) is 0 Å². The molecule has 0 aromatic heterocycles. The zero-order valence-electron chi connectivity index (χ0n) is 21.4. The summed E-state index contributed by atoms with van der Waals surface area (Å²) in [6, 6.07) is 19.7. The highest BCUT2D eigenvalue weighted by molar-refractivity contribution is 7.92. The summed E-state index contributed by atoms with van der Waals surface area (Å²) in [5.41, 5.74) is 2.78. The van der Waals surface area contributed by atoms with Gasteiger partial charge in [0.2, 0.25) is 11.8 Å². The lowest BCUT2D eigenvalue weighted by Crippen LogP contribution is -2.51. The predicted molar refractivity (Wildman–Crippen MR) is 147 cm³/mol. The molecule has 1 N–H and O–H groups in total. The van der Waals surface area contributed by atoms with Crippen molar-refractivity contribution in [2.75, 3.05) is 17.9 Å². The highest BCUT2D eigenvalue weighted by Crippen LogP contribution is 2.26. The maximum atomic E-state index is 13.9. The largest absolute Gasteiger partial charge is 0.357 e. The summed E-state index contributed by atoms with van der Waals surface area (Å²) in [6.45, 7) is 5.08. The van der Waals surface area contributed by atoms with E-state index < -0.39 is 28.5 Å².